The molecule has 94 valence electrons. The fourth-order valence-electron chi connectivity index (χ4n) is 1.24. The van der Waals surface area contributed by atoms with Crippen molar-refractivity contribution in [3.05, 3.63) is 24.3 Å². The summed E-state index contributed by atoms with van der Waals surface area (Å²) in [5.74, 6) is 0. The van der Waals surface area contributed by atoms with E-state index in [0.717, 1.165) is 6.42 Å². The number of nitrogens with one attached hydrogen (secondary N) is 2. The van der Waals surface area contributed by atoms with Crippen molar-refractivity contribution in [1.82, 2.24) is 5.32 Å². The van der Waals surface area contributed by atoms with Gasteiger partial charge in [-0.3, -0.25) is 0 Å². The molecule has 17 heavy (non-hydrogen) atoms. The summed E-state index contributed by atoms with van der Waals surface area (Å²) in [6, 6.07) is 6.92. The topological polar surface area (TPSA) is 67.2 Å². The second-order valence-corrected chi connectivity index (χ2v) is 4.95. The molecule has 1 aromatic carbocycles. The summed E-state index contributed by atoms with van der Waals surface area (Å²) in [4.78, 5) is 11.6. The third kappa shape index (κ3) is 4.76. The SMILES string of the molecule is CCC(C)(C)CNC(=O)Nc1cccc(N)c1. The summed E-state index contributed by atoms with van der Waals surface area (Å²) in [5.41, 5.74) is 7.09. The van der Waals surface area contributed by atoms with Gasteiger partial charge in [-0.1, -0.05) is 26.8 Å². The number of anilines is 2. The molecular weight excluding hydrogens is 214 g/mol. The number of nitrogen functional groups attached to an aromatic ring is 1. The van der Waals surface area contributed by atoms with E-state index in [4.69, 9.17) is 5.73 Å². The standard InChI is InChI=1S/C13H21N3O/c1-4-13(2,3)9-15-12(17)16-11-7-5-6-10(14)8-11/h5-8H,4,9,14H2,1-3H3,(H2,15,16,17). The number of hydrogen-bond acceptors (Lipinski definition) is 2. The van der Waals surface area contributed by atoms with E-state index in [2.05, 4.69) is 31.4 Å². The zero-order valence-corrected chi connectivity index (χ0v) is 10.7. The predicted molar refractivity (Wildman–Crippen MR) is 71.9 cm³/mol. The van der Waals surface area contributed by atoms with Crippen LogP contribution in [-0.4, -0.2) is 12.6 Å². The molecule has 0 fully saturated rings. The highest BCUT2D eigenvalue weighted by Crippen LogP contribution is 2.17. The molecule has 0 saturated carbocycles. The van der Waals surface area contributed by atoms with E-state index in [1.807, 2.05) is 0 Å². The molecule has 0 atom stereocenters. The molecule has 4 nitrogen and oxygen atoms in total. The summed E-state index contributed by atoms with van der Waals surface area (Å²) in [7, 11) is 0. The summed E-state index contributed by atoms with van der Waals surface area (Å²) in [6.07, 6.45) is 1.02. The second kappa shape index (κ2) is 5.57. The van der Waals surface area contributed by atoms with Gasteiger partial charge in [0.15, 0.2) is 0 Å². The molecule has 0 unspecified atom stereocenters. The van der Waals surface area contributed by atoms with Crippen molar-refractivity contribution in [3.8, 4) is 0 Å². The molecule has 1 aromatic rings. The minimum absolute atomic E-state index is 0.118. The third-order valence-corrected chi connectivity index (χ3v) is 2.83. The van der Waals surface area contributed by atoms with Crippen LogP contribution in [0.2, 0.25) is 0 Å². The Morgan fingerprint density at radius 2 is 2.12 bits per heavy atom. The van der Waals surface area contributed by atoms with Crippen LogP contribution < -0.4 is 16.4 Å². The first-order chi connectivity index (χ1) is 7.93. The van der Waals surface area contributed by atoms with E-state index in [9.17, 15) is 4.79 Å². The van der Waals surface area contributed by atoms with Crippen LogP contribution >= 0.6 is 0 Å². The van der Waals surface area contributed by atoms with Gasteiger partial charge in [0.05, 0.1) is 0 Å². The first kappa shape index (κ1) is 13.4. The molecular formula is C13H21N3O. The summed E-state index contributed by atoms with van der Waals surface area (Å²) in [5, 5.41) is 5.60. The van der Waals surface area contributed by atoms with Crippen molar-refractivity contribution in [2.75, 3.05) is 17.6 Å². The zero-order chi connectivity index (χ0) is 12.9. The van der Waals surface area contributed by atoms with Gasteiger partial charge in [0, 0.05) is 17.9 Å². The van der Waals surface area contributed by atoms with Crippen LogP contribution in [0, 0.1) is 5.41 Å². The van der Waals surface area contributed by atoms with Crippen molar-refractivity contribution >= 4 is 17.4 Å². The largest absolute Gasteiger partial charge is 0.399 e. The summed E-state index contributed by atoms with van der Waals surface area (Å²) in [6.45, 7) is 7.00. The van der Waals surface area contributed by atoms with Crippen molar-refractivity contribution in [1.29, 1.82) is 0 Å². The van der Waals surface area contributed by atoms with Crippen LogP contribution in [0.4, 0.5) is 16.2 Å². The van der Waals surface area contributed by atoms with Crippen molar-refractivity contribution in [2.24, 2.45) is 5.41 Å². The number of hydrogen-bond donors (Lipinski definition) is 3. The van der Waals surface area contributed by atoms with Crippen molar-refractivity contribution in [2.45, 2.75) is 27.2 Å². The van der Waals surface area contributed by atoms with E-state index in [-0.39, 0.29) is 11.4 Å². The Bertz CT molecular complexity index is 388. The Hall–Kier alpha value is -1.71. The van der Waals surface area contributed by atoms with Crippen LogP contribution in [0.15, 0.2) is 24.3 Å². The fraction of sp³-hybridized carbons (Fsp3) is 0.462. The number of nitrogens with two attached hydrogens (primary N) is 1. The van der Waals surface area contributed by atoms with Gasteiger partial charge in [0.1, 0.15) is 0 Å². The smallest absolute Gasteiger partial charge is 0.319 e. The molecule has 1 rings (SSSR count). The first-order valence-corrected chi connectivity index (χ1v) is 5.83. The third-order valence-electron chi connectivity index (χ3n) is 2.83. The molecule has 0 aliphatic rings. The summed E-state index contributed by atoms with van der Waals surface area (Å²) < 4.78 is 0. The quantitative estimate of drug-likeness (QED) is 0.702. The van der Waals surface area contributed by atoms with Gasteiger partial charge in [-0.05, 0) is 30.0 Å². The molecule has 4 N–H and O–H groups in total. The number of carbonyl (C=O) groups excluding carboxylic acids is 1. The Kier molecular flexibility index (Phi) is 4.37. The highest BCUT2D eigenvalue weighted by Gasteiger charge is 2.15. The fourth-order valence-corrected chi connectivity index (χ4v) is 1.24. The minimum atomic E-state index is -0.197. The van der Waals surface area contributed by atoms with Crippen LogP contribution in [0.1, 0.15) is 27.2 Å². The van der Waals surface area contributed by atoms with E-state index in [1.165, 1.54) is 0 Å². The lowest BCUT2D eigenvalue weighted by Gasteiger charge is -2.22. The Labute approximate surface area is 103 Å². The summed E-state index contributed by atoms with van der Waals surface area (Å²) >= 11 is 0. The number of benzene rings is 1. The molecule has 0 aliphatic carbocycles. The Balaban J connectivity index is 2.45. The molecule has 0 aromatic heterocycles. The Morgan fingerprint density at radius 1 is 1.41 bits per heavy atom. The van der Waals surface area contributed by atoms with Gasteiger partial charge in [-0.15, -0.1) is 0 Å². The highest BCUT2D eigenvalue weighted by atomic mass is 16.2. The number of carbonyl (C=O) groups is 1. The maximum Gasteiger partial charge on any atom is 0.319 e. The van der Waals surface area contributed by atoms with Crippen LogP contribution in [0.5, 0.6) is 0 Å². The van der Waals surface area contributed by atoms with E-state index >= 15 is 0 Å². The van der Waals surface area contributed by atoms with Gasteiger partial charge < -0.3 is 16.4 Å². The van der Waals surface area contributed by atoms with Gasteiger partial charge in [0.2, 0.25) is 0 Å². The minimum Gasteiger partial charge on any atom is -0.399 e. The van der Waals surface area contributed by atoms with Crippen LogP contribution in [0.3, 0.4) is 0 Å². The monoisotopic (exact) mass is 235 g/mol. The molecule has 0 radical (unpaired) electrons. The van der Waals surface area contributed by atoms with Gasteiger partial charge in [0.25, 0.3) is 0 Å². The molecule has 0 spiro atoms. The van der Waals surface area contributed by atoms with Gasteiger partial charge >= 0.3 is 6.03 Å². The molecule has 0 aliphatic heterocycles. The lowest BCUT2D eigenvalue weighted by Crippen LogP contribution is -2.36. The number of amides is 2. The van der Waals surface area contributed by atoms with Crippen molar-refractivity contribution < 1.29 is 4.79 Å². The molecule has 0 bridgehead atoms. The van der Waals surface area contributed by atoms with E-state index in [1.54, 1.807) is 24.3 Å². The lowest BCUT2D eigenvalue weighted by molar-refractivity contribution is 0.244. The molecule has 4 heteroatoms. The molecule has 0 heterocycles. The number of rotatable bonds is 4. The normalized spacial score (nSPS) is 11.0. The maximum absolute atomic E-state index is 11.6. The second-order valence-electron chi connectivity index (χ2n) is 4.95. The van der Waals surface area contributed by atoms with Crippen molar-refractivity contribution in [3.63, 3.8) is 0 Å². The Morgan fingerprint density at radius 3 is 2.71 bits per heavy atom. The van der Waals surface area contributed by atoms with Gasteiger partial charge in [-0.2, -0.15) is 0 Å². The van der Waals surface area contributed by atoms with E-state index < -0.39 is 0 Å². The van der Waals surface area contributed by atoms with Crippen LogP contribution in [-0.2, 0) is 0 Å². The van der Waals surface area contributed by atoms with E-state index in [0.29, 0.717) is 17.9 Å². The lowest BCUT2D eigenvalue weighted by atomic mass is 9.90. The highest BCUT2D eigenvalue weighted by molar-refractivity contribution is 5.89. The van der Waals surface area contributed by atoms with Crippen LogP contribution in [0.25, 0.3) is 0 Å². The molecule has 2 amide bonds. The maximum atomic E-state index is 11.6. The average Bonchev–Trinajstić information content (AvgIpc) is 2.27. The zero-order valence-electron chi connectivity index (χ0n) is 10.7. The van der Waals surface area contributed by atoms with Gasteiger partial charge in [-0.25, -0.2) is 4.79 Å². The average molecular weight is 235 g/mol. The predicted octanol–water partition coefficient (Wildman–Crippen LogP) is 2.83. The number of urea groups is 1. The first-order valence-electron chi connectivity index (χ1n) is 5.83. The molecule has 0 saturated heterocycles.